The number of carbonyl (C=O) groups excluding carboxylic acids is 1. The smallest absolute Gasteiger partial charge is 0.295 e. The number of carbonyl (C=O) groups is 1. The largest absolute Gasteiger partial charge is 0.317 e. The van der Waals surface area contributed by atoms with Gasteiger partial charge in [0.15, 0.2) is 5.82 Å². The van der Waals surface area contributed by atoms with Crippen molar-refractivity contribution in [3.63, 3.8) is 0 Å². The first kappa shape index (κ1) is 16.5. The predicted molar refractivity (Wildman–Crippen MR) is 92.6 cm³/mol. The van der Waals surface area contributed by atoms with Crippen LogP contribution in [0.2, 0.25) is 0 Å². The molecule has 1 aromatic heterocycles. The number of hydrogen-bond donors (Lipinski definition) is 1. The van der Waals surface area contributed by atoms with E-state index in [1.54, 1.807) is 0 Å². The number of amides is 1. The number of aromatic nitrogens is 3. The van der Waals surface area contributed by atoms with E-state index in [0.29, 0.717) is 6.54 Å². The Morgan fingerprint density at radius 1 is 1.17 bits per heavy atom. The van der Waals surface area contributed by atoms with Gasteiger partial charge < -0.3 is 5.32 Å². The van der Waals surface area contributed by atoms with E-state index in [1.807, 2.05) is 30.3 Å². The molecule has 0 aliphatic rings. The Labute approximate surface area is 149 Å². The summed E-state index contributed by atoms with van der Waals surface area (Å²) in [7, 11) is 0. The Hall–Kier alpha value is -2.36. The average molecular weight is 440 g/mol. The quantitative estimate of drug-likeness (QED) is 0.500. The Kier molecular flexibility index (Phi) is 4.84. The molecule has 0 bridgehead atoms. The topological polar surface area (TPSA) is 59.8 Å². The van der Waals surface area contributed by atoms with E-state index < -0.39 is 17.5 Å². The van der Waals surface area contributed by atoms with Gasteiger partial charge in [-0.1, -0.05) is 30.3 Å². The summed E-state index contributed by atoms with van der Waals surface area (Å²) in [6, 6.07) is 11.8. The number of halogens is 3. The molecule has 0 fully saturated rings. The fraction of sp³-hybridized carbons (Fsp3) is 0.0625. The zero-order valence-electron chi connectivity index (χ0n) is 12.2. The molecule has 0 aliphatic carbocycles. The normalized spacial score (nSPS) is 10.6. The Bertz CT molecular complexity index is 883. The van der Waals surface area contributed by atoms with Crippen molar-refractivity contribution in [3.8, 4) is 0 Å². The van der Waals surface area contributed by atoms with Crippen molar-refractivity contribution >= 4 is 34.2 Å². The summed E-state index contributed by atoms with van der Waals surface area (Å²) < 4.78 is 28.5. The van der Waals surface area contributed by atoms with Crippen LogP contribution in [0.4, 0.5) is 14.5 Å². The van der Waals surface area contributed by atoms with E-state index in [4.69, 9.17) is 0 Å². The van der Waals surface area contributed by atoms with Crippen molar-refractivity contribution in [3.05, 3.63) is 75.4 Å². The Morgan fingerprint density at radius 3 is 2.67 bits per heavy atom. The zero-order valence-corrected chi connectivity index (χ0v) is 14.4. The summed E-state index contributed by atoms with van der Waals surface area (Å²) in [5.74, 6) is -2.27. The summed E-state index contributed by atoms with van der Waals surface area (Å²) in [5.41, 5.74) is 0.888. The minimum atomic E-state index is -0.826. The van der Waals surface area contributed by atoms with Crippen LogP contribution in [0.25, 0.3) is 0 Å². The lowest BCUT2D eigenvalue weighted by Gasteiger charge is -2.06. The molecule has 0 saturated carbocycles. The fourth-order valence-electron chi connectivity index (χ4n) is 2.05. The molecule has 0 atom stereocenters. The summed E-state index contributed by atoms with van der Waals surface area (Å²) in [6.07, 6.45) is 1.42. The van der Waals surface area contributed by atoms with Gasteiger partial charge in [0.2, 0.25) is 5.82 Å². The molecule has 3 aromatic rings. The first-order valence-electron chi connectivity index (χ1n) is 6.93. The summed E-state index contributed by atoms with van der Waals surface area (Å²) in [5, 5.41) is 6.41. The van der Waals surface area contributed by atoms with Gasteiger partial charge in [0.1, 0.15) is 12.1 Å². The molecule has 0 radical (unpaired) electrons. The molecule has 5 nitrogen and oxygen atoms in total. The maximum atomic E-state index is 13.9. The fourth-order valence-corrected chi connectivity index (χ4v) is 2.52. The van der Waals surface area contributed by atoms with Crippen LogP contribution in [-0.4, -0.2) is 20.7 Å². The van der Waals surface area contributed by atoms with E-state index >= 15 is 0 Å². The van der Waals surface area contributed by atoms with E-state index in [0.717, 1.165) is 17.7 Å². The van der Waals surface area contributed by atoms with Gasteiger partial charge in [-0.3, -0.25) is 4.79 Å². The number of nitrogens with one attached hydrogen (secondary N) is 1. The molecule has 122 valence electrons. The number of benzene rings is 2. The molecule has 3 rings (SSSR count). The molecule has 1 heterocycles. The molecule has 8 heteroatoms. The van der Waals surface area contributed by atoms with Gasteiger partial charge in [0, 0.05) is 0 Å². The standard InChI is InChI=1S/C16H11F2IN4O/c17-11-6-7-12(13(18)14(11)19)21-16(24)15-20-9-23(22-15)8-10-4-2-1-3-5-10/h1-7,9H,8H2,(H,21,24). The van der Waals surface area contributed by atoms with Crippen LogP contribution in [0.5, 0.6) is 0 Å². The molecular formula is C16H11F2IN4O. The number of anilines is 1. The van der Waals surface area contributed by atoms with Crippen molar-refractivity contribution in [2.75, 3.05) is 5.32 Å². The van der Waals surface area contributed by atoms with Gasteiger partial charge in [-0.05, 0) is 40.3 Å². The predicted octanol–water partition coefficient (Wildman–Crippen LogP) is 3.46. The number of rotatable bonds is 4. The third-order valence-corrected chi connectivity index (χ3v) is 4.20. The molecule has 1 N–H and O–H groups in total. The molecule has 2 aromatic carbocycles. The second-order valence-electron chi connectivity index (χ2n) is 4.93. The van der Waals surface area contributed by atoms with Gasteiger partial charge in [-0.25, -0.2) is 18.4 Å². The second kappa shape index (κ2) is 7.04. The highest BCUT2D eigenvalue weighted by Gasteiger charge is 2.17. The zero-order chi connectivity index (χ0) is 17.1. The SMILES string of the molecule is O=C(Nc1ccc(F)c(I)c1F)c1ncn(Cc2ccccc2)n1. The third-order valence-electron chi connectivity index (χ3n) is 3.21. The summed E-state index contributed by atoms with van der Waals surface area (Å²) in [6.45, 7) is 0.462. The van der Waals surface area contributed by atoms with Crippen molar-refractivity contribution in [1.29, 1.82) is 0 Å². The maximum Gasteiger partial charge on any atom is 0.295 e. The third kappa shape index (κ3) is 3.58. The van der Waals surface area contributed by atoms with Crippen LogP contribution < -0.4 is 5.32 Å². The molecule has 0 spiro atoms. The first-order valence-corrected chi connectivity index (χ1v) is 8.00. The van der Waals surface area contributed by atoms with Crippen molar-refractivity contribution in [2.45, 2.75) is 6.54 Å². The lowest BCUT2D eigenvalue weighted by molar-refractivity contribution is 0.101. The Morgan fingerprint density at radius 2 is 1.92 bits per heavy atom. The minimum Gasteiger partial charge on any atom is -0.317 e. The monoisotopic (exact) mass is 440 g/mol. The summed E-state index contributed by atoms with van der Waals surface area (Å²) in [4.78, 5) is 16.0. The molecule has 0 saturated heterocycles. The molecule has 1 amide bonds. The highest BCUT2D eigenvalue weighted by Crippen LogP contribution is 2.22. The first-order chi connectivity index (χ1) is 11.5. The van der Waals surface area contributed by atoms with E-state index in [1.165, 1.54) is 33.6 Å². The lowest BCUT2D eigenvalue weighted by Crippen LogP contribution is -2.16. The molecule has 0 aliphatic heterocycles. The molecular weight excluding hydrogens is 429 g/mol. The van der Waals surface area contributed by atoms with Gasteiger partial charge >= 0.3 is 0 Å². The Balaban J connectivity index is 1.73. The summed E-state index contributed by atoms with van der Waals surface area (Å²) >= 11 is 1.54. The van der Waals surface area contributed by atoms with Gasteiger partial charge in [0.05, 0.1) is 15.8 Å². The highest BCUT2D eigenvalue weighted by molar-refractivity contribution is 14.1. The van der Waals surface area contributed by atoms with Crippen LogP contribution in [0, 0.1) is 15.2 Å². The van der Waals surface area contributed by atoms with Crippen LogP contribution in [0.1, 0.15) is 16.2 Å². The minimum absolute atomic E-state index is 0.0929. The highest BCUT2D eigenvalue weighted by atomic mass is 127. The van der Waals surface area contributed by atoms with Crippen LogP contribution in [0.3, 0.4) is 0 Å². The van der Waals surface area contributed by atoms with Gasteiger partial charge in [0.25, 0.3) is 5.91 Å². The number of hydrogen-bond acceptors (Lipinski definition) is 3. The van der Waals surface area contributed by atoms with Gasteiger partial charge in [-0.2, -0.15) is 0 Å². The van der Waals surface area contributed by atoms with Crippen molar-refractivity contribution in [1.82, 2.24) is 14.8 Å². The van der Waals surface area contributed by atoms with E-state index in [2.05, 4.69) is 15.4 Å². The average Bonchev–Trinajstić information content (AvgIpc) is 3.05. The van der Waals surface area contributed by atoms with Crippen molar-refractivity contribution < 1.29 is 13.6 Å². The molecule has 24 heavy (non-hydrogen) atoms. The van der Waals surface area contributed by atoms with Gasteiger partial charge in [-0.15, -0.1) is 5.10 Å². The van der Waals surface area contributed by atoms with Crippen LogP contribution in [-0.2, 0) is 6.54 Å². The van der Waals surface area contributed by atoms with Crippen LogP contribution >= 0.6 is 22.6 Å². The molecule has 0 unspecified atom stereocenters. The maximum absolute atomic E-state index is 13.9. The number of nitrogens with zero attached hydrogens (tertiary/aromatic N) is 3. The van der Waals surface area contributed by atoms with E-state index in [-0.39, 0.29) is 15.1 Å². The van der Waals surface area contributed by atoms with Crippen LogP contribution in [0.15, 0.2) is 48.8 Å². The second-order valence-corrected chi connectivity index (χ2v) is 6.01. The van der Waals surface area contributed by atoms with E-state index in [9.17, 15) is 13.6 Å². The lowest BCUT2D eigenvalue weighted by atomic mass is 10.2. The van der Waals surface area contributed by atoms with Crippen molar-refractivity contribution in [2.24, 2.45) is 0 Å².